The summed E-state index contributed by atoms with van der Waals surface area (Å²) >= 11 is 0. The van der Waals surface area contributed by atoms with Gasteiger partial charge in [-0.3, -0.25) is 4.79 Å². The number of anilines is 1. The van der Waals surface area contributed by atoms with E-state index >= 15 is 0 Å². The van der Waals surface area contributed by atoms with Crippen LogP contribution in [-0.2, 0) is 9.84 Å². The Bertz CT molecular complexity index is 1560. The van der Waals surface area contributed by atoms with Crippen molar-refractivity contribution in [3.05, 3.63) is 60.2 Å². The van der Waals surface area contributed by atoms with Crippen LogP contribution in [0.2, 0.25) is 0 Å². The molecule has 178 valence electrons. The van der Waals surface area contributed by atoms with Crippen LogP contribution in [0.15, 0.2) is 58.2 Å². The predicted octanol–water partition coefficient (Wildman–Crippen LogP) is 3.11. The van der Waals surface area contributed by atoms with Gasteiger partial charge >= 0.3 is 0 Å². The lowest BCUT2D eigenvalue weighted by molar-refractivity contribution is 0.0936. The average Bonchev–Trinajstić information content (AvgIpc) is 3.52. The summed E-state index contributed by atoms with van der Waals surface area (Å²) in [7, 11) is -1.98. The summed E-state index contributed by atoms with van der Waals surface area (Å²) in [5, 5.41) is 15.9. The van der Waals surface area contributed by atoms with Gasteiger partial charge in [-0.25, -0.2) is 18.4 Å². The van der Waals surface area contributed by atoms with Gasteiger partial charge in [-0.05, 0) is 43.0 Å². The number of hydrogen-bond donors (Lipinski definition) is 3. The van der Waals surface area contributed by atoms with Crippen LogP contribution in [0.25, 0.3) is 22.5 Å². The van der Waals surface area contributed by atoms with Gasteiger partial charge in [0.2, 0.25) is 11.7 Å². The first kappa shape index (κ1) is 22.6. The van der Waals surface area contributed by atoms with E-state index in [-0.39, 0.29) is 40.2 Å². The number of rotatable bonds is 7. The second kappa shape index (κ2) is 8.88. The molecule has 1 saturated carbocycles. The zero-order chi connectivity index (χ0) is 24.6. The Balaban J connectivity index is 1.33. The van der Waals surface area contributed by atoms with E-state index in [9.17, 15) is 13.2 Å². The van der Waals surface area contributed by atoms with Gasteiger partial charge in [0.05, 0.1) is 39.7 Å². The molecule has 0 saturated heterocycles. The maximum absolute atomic E-state index is 12.8. The van der Waals surface area contributed by atoms with E-state index < -0.39 is 9.84 Å². The number of aromatic nitrogens is 3. The van der Waals surface area contributed by atoms with Crippen LogP contribution >= 0.6 is 0 Å². The largest absolute Gasteiger partial charge is 0.431 e. The summed E-state index contributed by atoms with van der Waals surface area (Å²) < 4.78 is 31.3. The molecule has 1 amide bonds. The third-order valence-corrected chi connectivity index (χ3v) is 8.02. The summed E-state index contributed by atoms with van der Waals surface area (Å²) in [4.78, 5) is 23.8. The zero-order valence-corrected chi connectivity index (χ0v) is 19.6. The molecule has 1 aliphatic rings. The summed E-state index contributed by atoms with van der Waals surface area (Å²) in [5.41, 5.74) is 2.38. The fourth-order valence-electron chi connectivity index (χ4n) is 4.31. The predicted molar refractivity (Wildman–Crippen MR) is 128 cm³/mol. The summed E-state index contributed by atoms with van der Waals surface area (Å²) in [6, 6.07) is 10.0. The lowest BCUT2D eigenvalue weighted by atomic mass is 9.81. The smallest absolute Gasteiger partial charge is 0.288 e. The molecule has 0 atom stereocenters. The van der Waals surface area contributed by atoms with Crippen LogP contribution in [0.3, 0.4) is 0 Å². The molecular weight excluding hydrogens is 468 g/mol. The second-order valence-corrected chi connectivity index (χ2v) is 10.5. The molecular formula is C24H22N6O4S. The molecule has 0 bridgehead atoms. The molecule has 1 aromatic carbocycles. The van der Waals surface area contributed by atoms with Crippen molar-refractivity contribution in [2.24, 2.45) is 5.92 Å². The minimum atomic E-state index is -3.49. The van der Waals surface area contributed by atoms with Gasteiger partial charge in [0, 0.05) is 30.9 Å². The molecule has 3 aromatic heterocycles. The number of nitrogens with one attached hydrogen (secondary N) is 3. The highest BCUT2D eigenvalue weighted by molar-refractivity contribution is 7.91. The van der Waals surface area contributed by atoms with Crippen molar-refractivity contribution in [1.29, 1.82) is 5.26 Å². The fraction of sp³-hybridized carbons (Fsp3) is 0.250. The van der Waals surface area contributed by atoms with E-state index in [1.807, 2.05) is 12.1 Å². The number of benzene rings is 1. The van der Waals surface area contributed by atoms with E-state index in [0.717, 1.165) is 11.1 Å². The van der Waals surface area contributed by atoms with Crippen molar-refractivity contribution in [3.8, 4) is 17.5 Å². The van der Waals surface area contributed by atoms with E-state index in [4.69, 9.17) is 9.68 Å². The molecule has 4 aromatic rings. The van der Waals surface area contributed by atoms with Crippen molar-refractivity contribution in [2.45, 2.75) is 23.8 Å². The number of fused-ring (bicyclic) bond motifs is 1. The quantitative estimate of drug-likeness (QED) is 0.357. The molecule has 0 radical (unpaired) electrons. The molecule has 5 rings (SSSR count). The van der Waals surface area contributed by atoms with Crippen molar-refractivity contribution in [3.63, 3.8) is 0 Å². The summed E-state index contributed by atoms with van der Waals surface area (Å²) in [6.07, 6.45) is 6.11. The molecule has 1 fully saturated rings. The Morgan fingerprint density at radius 1 is 1.26 bits per heavy atom. The van der Waals surface area contributed by atoms with Crippen LogP contribution in [-0.4, -0.2) is 48.1 Å². The summed E-state index contributed by atoms with van der Waals surface area (Å²) in [6.45, 7) is 0. The normalized spacial score (nSPS) is 17.5. The maximum Gasteiger partial charge on any atom is 0.288 e. The Morgan fingerprint density at radius 2 is 2.09 bits per heavy atom. The van der Waals surface area contributed by atoms with Gasteiger partial charge in [0.1, 0.15) is 5.65 Å². The monoisotopic (exact) mass is 490 g/mol. The van der Waals surface area contributed by atoms with Gasteiger partial charge in [0.15, 0.2) is 9.84 Å². The number of amides is 1. The summed E-state index contributed by atoms with van der Waals surface area (Å²) in [5.74, 6) is 0.00145. The molecule has 35 heavy (non-hydrogen) atoms. The van der Waals surface area contributed by atoms with Crippen LogP contribution in [0.4, 0.5) is 5.69 Å². The number of oxazole rings is 1. The van der Waals surface area contributed by atoms with Gasteiger partial charge in [0.25, 0.3) is 5.91 Å². The van der Waals surface area contributed by atoms with E-state index in [1.165, 1.54) is 25.4 Å². The van der Waals surface area contributed by atoms with Crippen molar-refractivity contribution in [2.75, 3.05) is 18.1 Å². The average molecular weight is 491 g/mol. The zero-order valence-electron chi connectivity index (χ0n) is 18.8. The molecule has 11 heteroatoms. The number of carbonyl (C=O) groups is 1. The number of nitriles is 1. The number of carbonyl (C=O) groups excluding carboxylic acids is 1. The van der Waals surface area contributed by atoms with Crippen molar-refractivity contribution in [1.82, 2.24) is 20.3 Å². The topological polar surface area (TPSA) is 154 Å². The van der Waals surface area contributed by atoms with Crippen LogP contribution in [0, 0.1) is 17.2 Å². The Labute approximate surface area is 201 Å². The van der Waals surface area contributed by atoms with E-state index in [2.05, 4.69) is 25.6 Å². The number of hydrogen-bond acceptors (Lipinski definition) is 8. The standard InChI is InChI=1S/C24H22N6O4S/c1-26-23(31)20-12-29-24(34-20)19-11-28-22-18(5-6-27-22)21(19)30-16-7-15(8-16)13-35(32,33)17-4-2-3-14(9-17)10-25/h2-6,9,11-12,15-16H,7-8,13H2,1H3,(H,26,31)(H2,27,28,30). The molecule has 0 spiro atoms. The minimum Gasteiger partial charge on any atom is -0.431 e. The highest BCUT2D eigenvalue weighted by Gasteiger charge is 2.34. The SMILES string of the molecule is CNC(=O)c1cnc(-c2cnc3[nH]ccc3c2NC2CC(CS(=O)(=O)c3cccc(C#N)c3)C2)o1. The molecule has 3 N–H and O–H groups in total. The van der Waals surface area contributed by atoms with Crippen molar-refractivity contribution < 1.29 is 17.6 Å². The molecule has 0 unspecified atom stereocenters. The number of aromatic amines is 1. The van der Waals surface area contributed by atoms with Gasteiger partial charge in [-0.1, -0.05) is 6.07 Å². The molecule has 10 nitrogen and oxygen atoms in total. The van der Waals surface area contributed by atoms with E-state index in [0.29, 0.717) is 29.6 Å². The fourth-order valence-corrected chi connectivity index (χ4v) is 5.99. The first-order chi connectivity index (χ1) is 16.9. The second-order valence-electron chi connectivity index (χ2n) is 8.50. The van der Waals surface area contributed by atoms with Crippen molar-refractivity contribution >= 4 is 32.5 Å². The highest BCUT2D eigenvalue weighted by Crippen LogP contribution is 2.38. The third kappa shape index (κ3) is 4.36. The molecule has 0 aliphatic heterocycles. The highest BCUT2D eigenvalue weighted by atomic mass is 32.2. The maximum atomic E-state index is 12.8. The first-order valence-corrected chi connectivity index (χ1v) is 12.7. The van der Waals surface area contributed by atoms with Gasteiger partial charge < -0.3 is 20.0 Å². The lowest BCUT2D eigenvalue weighted by Gasteiger charge is -2.36. The number of pyridine rings is 1. The number of H-pyrrole nitrogens is 1. The van der Waals surface area contributed by atoms with Crippen LogP contribution < -0.4 is 10.6 Å². The lowest BCUT2D eigenvalue weighted by Crippen LogP contribution is -2.39. The minimum absolute atomic E-state index is 0.00293. The number of sulfone groups is 1. The third-order valence-electron chi connectivity index (χ3n) is 6.14. The van der Waals surface area contributed by atoms with E-state index in [1.54, 1.807) is 24.5 Å². The Kier molecular flexibility index (Phi) is 5.74. The Hall–Kier alpha value is -4.17. The molecule has 3 heterocycles. The molecule has 1 aliphatic carbocycles. The van der Waals surface area contributed by atoms with Gasteiger partial charge in [-0.15, -0.1) is 0 Å². The first-order valence-electron chi connectivity index (χ1n) is 11.0. The Morgan fingerprint density at radius 3 is 2.86 bits per heavy atom. The van der Waals surface area contributed by atoms with Crippen LogP contribution in [0.1, 0.15) is 29.0 Å². The van der Waals surface area contributed by atoms with Gasteiger partial charge in [-0.2, -0.15) is 5.26 Å². The number of nitrogens with zero attached hydrogens (tertiary/aromatic N) is 3. The van der Waals surface area contributed by atoms with Crippen LogP contribution in [0.5, 0.6) is 0 Å².